The van der Waals surface area contributed by atoms with E-state index in [0.29, 0.717) is 5.92 Å². The molecule has 0 bridgehead atoms. The fourth-order valence-corrected chi connectivity index (χ4v) is 3.45. The molecule has 0 spiro atoms. The zero-order valence-electron chi connectivity index (χ0n) is 17.1. The summed E-state index contributed by atoms with van der Waals surface area (Å²) in [5, 5.41) is 5.99. The number of unbranched alkanes of at least 4 members (excludes halogenated alkanes) is 1. The second-order valence-electron chi connectivity index (χ2n) is 7.55. The number of aryl methyl sites for hydroxylation is 1. The third-order valence-electron chi connectivity index (χ3n) is 5.31. The summed E-state index contributed by atoms with van der Waals surface area (Å²) < 4.78 is 6.34. The van der Waals surface area contributed by atoms with Crippen molar-refractivity contribution in [2.45, 2.75) is 47.0 Å². The van der Waals surface area contributed by atoms with Gasteiger partial charge in [0.25, 0.3) is 0 Å². The summed E-state index contributed by atoms with van der Waals surface area (Å²) in [6, 6.07) is 12.8. The summed E-state index contributed by atoms with van der Waals surface area (Å²) >= 11 is 0. The van der Waals surface area contributed by atoms with Gasteiger partial charge in [0.1, 0.15) is 11.2 Å². The first-order valence-corrected chi connectivity index (χ1v) is 10.1. The number of fused-ring (bicyclic) bond motifs is 3. The molecule has 1 N–H and O–H groups in total. The van der Waals surface area contributed by atoms with Crippen molar-refractivity contribution in [3.63, 3.8) is 0 Å². The van der Waals surface area contributed by atoms with Crippen molar-refractivity contribution in [3.8, 4) is 0 Å². The van der Waals surface area contributed by atoms with Crippen molar-refractivity contribution in [3.05, 3.63) is 65.8 Å². The van der Waals surface area contributed by atoms with Crippen molar-refractivity contribution in [1.29, 1.82) is 0 Å². The molecule has 0 aliphatic carbocycles. The van der Waals surface area contributed by atoms with Crippen LogP contribution in [0.1, 0.15) is 51.7 Å². The number of para-hydroxylation sites is 1. The van der Waals surface area contributed by atoms with Crippen molar-refractivity contribution in [1.82, 2.24) is 5.32 Å². The molecule has 142 valence electrons. The third kappa shape index (κ3) is 3.95. The Labute approximate surface area is 163 Å². The molecule has 0 saturated heterocycles. The van der Waals surface area contributed by atoms with E-state index in [2.05, 4.69) is 69.9 Å². The highest BCUT2D eigenvalue weighted by Crippen LogP contribution is 2.35. The van der Waals surface area contributed by atoms with E-state index in [0.717, 1.165) is 29.8 Å². The lowest BCUT2D eigenvalue weighted by Crippen LogP contribution is -2.18. The Hall–Kier alpha value is -2.48. The van der Waals surface area contributed by atoms with Gasteiger partial charge in [-0.3, -0.25) is 0 Å². The highest BCUT2D eigenvalue weighted by Gasteiger charge is 2.17. The molecule has 0 amide bonds. The Morgan fingerprint density at radius 2 is 1.93 bits per heavy atom. The number of furan rings is 1. The van der Waals surface area contributed by atoms with Crippen LogP contribution in [0.15, 0.2) is 59.0 Å². The lowest BCUT2D eigenvalue weighted by atomic mass is 9.96. The van der Waals surface area contributed by atoms with Gasteiger partial charge in [0.05, 0.1) is 0 Å². The molecule has 27 heavy (non-hydrogen) atoms. The van der Waals surface area contributed by atoms with Gasteiger partial charge in [0.15, 0.2) is 0 Å². The predicted molar refractivity (Wildman–Crippen MR) is 118 cm³/mol. The van der Waals surface area contributed by atoms with Crippen LogP contribution in [0.25, 0.3) is 27.6 Å². The first-order valence-electron chi connectivity index (χ1n) is 10.1. The minimum atomic E-state index is 0.470. The van der Waals surface area contributed by atoms with E-state index in [1.165, 1.54) is 40.3 Å². The topological polar surface area (TPSA) is 25.2 Å². The molecule has 0 atom stereocenters. The maximum atomic E-state index is 6.34. The SMILES string of the molecule is C=C(CN/C(=C\C)c1c(CCCC)ccc2c1oc1ccccc12)C(C)C. The average Bonchev–Trinajstić information content (AvgIpc) is 3.05. The van der Waals surface area contributed by atoms with Gasteiger partial charge in [-0.2, -0.15) is 0 Å². The first kappa shape index (κ1) is 19.3. The monoisotopic (exact) mass is 361 g/mol. The second kappa shape index (κ2) is 8.47. The Morgan fingerprint density at radius 3 is 2.63 bits per heavy atom. The molecule has 3 aromatic rings. The maximum Gasteiger partial charge on any atom is 0.144 e. The van der Waals surface area contributed by atoms with Crippen LogP contribution in [0.3, 0.4) is 0 Å². The molecule has 2 heteroatoms. The minimum absolute atomic E-state index is 0.470. The molecule has 2 aromatic carbocycles. The molecule has 0 radical (unpaired) electrons. The van der Waals surface area contributed by atoms with E-state index in [9.17, 15) is 0 Å². The molecule has 0 unspecified atom stereocenters. The van der Waals surface area contributed by atoms with Crippen LogP contribution < -0.4 is 5.32 Å². The van der Waals surface area contributed by atoms with Crippen LogP contribution in [-0.4, -0.2) is 6.54 Å². The van der Waals surface area contributed by atoms with Gasteiger partial charge >= 0.3 is 0 Å². The number of benzene rings is 2. The van der Waals surface area contributed by atoms with Crippen LogP contribution in [0.2, 0.25) is 0 Å². The Kier molecular flexibility index (Phi) is 6.05. The first-order chi connectivity index (χ1) is 13.1. The highest BCUT2D eigenvalue weighted by molar-refractivity contribution is 6.08. The van der Waals surface area contributed by atoms with Crippen molar-refractivity contribution < 1.29 is 4.42 Å². The standard InChI is InChI=1S/C25H31NO/c1-6-8-11-19-14-15-21-20-12-9-10-13-23(20)27-25(21)24(19)22(7-2)26-16-18(5)17(3)4/h7,9-10,12-15,17,26H,5-6,8,11,16H2,1-4H3/b22-7-. The molecule has 2 nitrogen and oxygen atoms in total. The molecule has 3 rings (SSSR count). The predicted octanol–water partition coefficient (Wildman–Crippen LogP) is 7.09. The summed E-state index contributed by atoms with van der Waals surface area (Å²) in [6.45, 7) is 13.7. The largest absolute Gasteiger partial charge is 0.455 e. The van der Waals surface area contributed by atoms with E-state index in [4.69, 9.17) is 4.42 Å². The molecule has 1 heterocycles. The van der Waals surface area contributed by atoms with Gasteiger partial charge < -0.3 is 9.73 Å². The summed E-state index contributed by atoms with van der Waals surface area (Å²) in [7, 11) is 0. The van der Waals surface area contributed by atoms with E-state index >= 15 is 0 Å². The highest BCUT2D eigenvalue weighted by atomic mass is 16.3. The summed E-state index contributed by atoms with van der Waals surface area (Å²) in [6.07, 6.45) is 5.57. The summed E-state index contributed by atoms with van der Waals surface area (Å²) in [5.41, 5.74) is 6.83. The number of allylic oxidation sites excluding steroid dienone is 1. The number of rotatable bonds is 8. The quantitative estimate of drug-likeness (QED) is 0.433. The molecule has 1 aromatic heterocycles. The second-order valence-corrected chi connectivity index (χ2v) is 7.55. The normalized spacial score (nSPS) is 12.3. The van der Waals surface area contributed by atoms with Crippen LogP contribution >= 0.6 is 0 Å². The molecular formula is C25H31NO. The van der Waals surface area contributed by atoms with Gasteiger partial charge in [-0.25, -0.2) is 0 Å². The minimum Gasteiger partial charge on any atom is -0.455 e. The molecule has 0 aliphatic heterocycles. The Balaban J connectivity index is 2.12. The lowest BCUT2D eigenvalue weighted by Gasteiger charge is -2.18. The summed E-state index contributed by atoms with van der Waals surface area (Å²) in [5.74, 6) is 0.470. The van der Waals surface area contributed by atoms with Gasteiger partial charge in [0.2, 0.25) is 0 Å². The molecule has 0 fully saturated rings. The number of nitrogens with one attached hydrogen (secondary N) is 1. The number of hydrogen-bond acceptors (Lipinski definition) is 2. The van der Waals surface area contributed by atoms with E-state index in [-0.39, 0.29) is 0 Å². The van der Waals surface area contributed by atoms with Crippen LogP contribution in [0, 0.1) is 5.92 Å². The fourth-order valence-electron chi connectivity index (χ4n) is 3.45. The zero-order chi connectivity index (χ0) is 19.4. The van der Waals surface area contributed by atoms with E-state index in [1.807, 2.05) is 12.1 Å². The van der Waals surface area contributed by atoms with E-state index < -0.39 is 0 Å². The summed E-state index contributed by atoms with van der Waals surface area (Å²) in [4.78, 5) is 0. The van der Waals surface area contributed by atoms with Crippen LogP contribution in [0.5, 0.6) is 0 Å². The van der Waals surface area contributed by atoms with E-state index in [1.54, 1.807) is 0 Å². The lowest BCUT2D eigenvalue weighted by molar-refractivity contribution is 0.664. The van der Waals surface area contributed by atoms with Crippen molar-refractivity contribution in [2.24, 2.45) is 5.92 Å². The fraction of sp³-hybridized carbons (Fsp3) is 0.360. The zero-order valence-corrected chi connectivity index (χ0v) is 17.1. The van der Waals surface area contributed by atoms with Crippen LogP contribution in [-0.2, 0) is 6.42 Å². The smallest absolute Gasteiger partial charge is 0.144 e. The van der Waals surface area contributed by atoms with Crippen molar-refractivity contribution in [2.75, 3.05) is 6.54 Å². The van der Waals surface area contributed by atoms with Crippen LogP contribution in [0.4, 0.5) is 0 Å². The molecule has 0 aliphatic rings. The average molecular weight is 362 g/mol. The van der Waals surface area contributed by atoms with Gasteiger partial charge in [-0.05, 0) is 37.3 Å². The van der Waals surface area contributed by atoms with Gasteiger partial charge in [0, 0.05) is 28.6 Å². The van der Waals surface area contributed by atoms with Gasteiger partial charge in [-0.1, -0.05) is 75.8 Å². The Morgan fingerprint density at radius 1 is 1.15 bits per heavy atom. The van der Waals surface area contributed by atoms with Crippen molar-refractivity contribution >= 4 is 27.6 Å². The third-order valence-corrected chi connectivity index (χ3v) is 5.31. The maximum absolute atomic E-state index is 6.34. The van der Waals surface area contributed by atoms with Gasteiger partial charge in [-0.15, -0.1) is 0 Å². The number of hydrogen-bond donors (Lipinski definition) is 1. The molecule has 0 saturated carbocycles. The molecular weight excluding hydrogens is 330 g/mol. The Bertz CT molecular complexity index is 975.